The summed E-state index contributed by atoms with van der Waals surface area (Å²) < 4.78 is 10.2. The van der Waals surface area contributed by atoms with E-state index in [0.29, 0.717) is 27.6 Å². The molecule has 3 aromatic rings. The molecule has 1 aromatic carbocycles. The van der Waals surface area contributed by atoms with E-state index in [0.717, 1.165) is 0 Å². The average Bonchev–Trinajstić information content (AvgIpc) is 3.37. The Labute approximate surface area is 184 Å². The largest absolute Gasteiger partial charge is 0.467 e. The molecular weight excluding hydrogens is 420 g/mol. The van der Waals surface area contributed by atoms with Gasteiger partial charge in [-0.2, -0.15) is 0 Å². The van der Waals surface area contributed by atoms with Crippen LogP contribution in [0.25, 0.3) is 0 Å². The van der Waals surface area contributed by atoms with Crippen LogP contribution >= 0.6 is 11.6 Å². The molecule has 8 heteroatoms. The second-order valence-corrected chi connectivity index (χ2v) is 7.56. The average molecular weight is 443 g/mol. The van der Waals surface area contributed by atoms with Crippen molar-refractivity contribution in [1.82, 2.24) is 9.88 Å². The van der Waals surface area contributed by atoms with Crippen LogP contribution in [0.4, 0.5) is 0 Å². The minimum atomic E-state index is -0.854. The SMILES string of the molecule is COC(=O)c1[nH]c(C)c(C(=O)C(C)N(Cc2ccco2)C(=O)c2ccccc2Cl)c1C. The second kappa shape index (κ2) is 9.22. The fourth-order valence-electron chi connectivity index (χ4n) is 3.52. The number of methoxy groups -OCH3 is 1. The molecule has 0 fully saturated rings. The van der Waals surface area contributed by atoms with Crippen molar-refractivity contribution in [1.29, 1.82) is 0 Å². The van der Waals surface area contributed by atoms with Crippen LogP contribution in [0.15, 0.2) is 47.1 Å². The van der Waals surface area contributed by atoms with Crippen molar-refractivity contribution in [2.24, 2.45) is 0 Å². The van der Waals surface area contributed by atoms with E-state index in [4.69, 9.17) is 20.8 Å². The van der Waals surface area contributed by atoms with Gasteiger partial charge in [0.05, 0.1) is 36.5 Å². The van der Waals surface area contributed by atoms with Gasteiger partial charge >= 0.3 is 5.97 Å². The van der Waals surface area contributed by atoms with Crippen LogP contribution in [0.5, 0.6) is 0 Å². The second-order valence-electron chi connectivity index (χ2n) is 7.15. The lowest BCUT2D eigenvalue weighted by Crippen LogP contribution is -2.43. The van der Waals surface area contributed by atoms with Gasteiger partial charge in [-0.1, -0.05) is 23.7 Å². The third-order valence-electron chi connectivity index (χ3n) is 5.19. The van der Waals surface area contributed by atoms with E-state index in [1.165, 1.54) is 18.3 Å². The predicted octanol–water partition coefficient (Wildman–Crippen LogP) is 4.58. The van der Waals surface area contributed by atoms with E-state index in [1.54, 1.807) is 57.2 Å². The first-order chi connectivity index (χ1) is 14.8. The summed E-state index contributed by atoms with van der Waals surface area (Å²) in [6, 6.07) is 9.25. The van der Waals surface area contributed by atoms with Gasteiger partial charge in [0.1, 0.15) is 11.5 Å². The Hall–Kier alpha value is -3.32. The fraction of sp³-hybridized carbons (Fsp3) is 0.261. The number of hydrogen-bond acceptors (Lipinski definition) is 5. The van der Waals surface area contributed by atoms with Gasteiger partial charge in [-0.15, -0.1) is 0 Å². The van der Waals surface area contributed by atoms with E-state index < -0.39 is 17.9 Å². The highest BCUT2D eigenvalue weighted by Crippen LogP contribution is 2.25. The molecule has 7 nitrogen and oxygen atoms in total. The Morgan fingerprint density at radius 3 is 2.48 bits per heavy atom. The van der Waals surface area contributed by atoms with Crippen molar-refractivity contribution in [3.8, 4) is 0 Å². The molecule has 2 heterocycles. The minimum absolute atomic E-state index is 0.0797. The number of aromatic nitrogens is 1. The molecule has 1 N–H and O–H groups in total. The molecule has 0 bridgehead atoms. The van der Waals surface area contributed by atoms with Gasteiger partial charge in [0.15, 0.2) is 5.78 Å². The quantitative estimate of drug-likeness (QED) is 0.427. The number of ketones is 1. The molecule has 0 spiro atoms. The number of carbonyl (C=O) groups is 3. The van der Waals surface area contributed by atoms with Crippen molar-refractivity contribution in [2.45, 2.75) is 33.4 Å². The highest BCUT2D eigenvalue weighted by atomic mass is 35.5. The highest BCUT2D eigenvalue weighted by molar-refractivity contribution is 6.33. The van der Waals surface area contributed by atoms with Crippen LogP contribution in [-0.4, -0.2) is 40.7 Å². The molecule has 0 aliphatic heterocycles. The summed E-state index contributed by atoms with van der Waals surface area (Å²) in [6.07, 6.45) is 1.50. The zero-order valence-electron chi connectivity index (χ0n) is 17.7. The minimum Gasteiger partial charge on any atom is -0.467 e. The standard InChI is InChI=1S/C23H23ClN2O5/c1-13-19(14(2)25-20(13)23(29)30-4)21(27)15(3)26(12-16-8-7-11-31-16)22(28)17-9-5-6-10-18(17)24/h5-11,15,25H,12H2,1-4H3. The number of Topliss-reactive ketones (excluding diaryl/α,β-unsaturated/α-hetero) is 1. The number of amides is 1. The van der Waals surface area contributed by atoms with Crippen LogP contribution in [-0.2, 0) is 11.3 Å². The number of benzene rings is 1. The molecule has 2 aromatic heterocycles. The molecule has 0 saturated carbocycles. The molecule has 0 saturated heterocycles. The number of aromatic amines is 1. The summed E-state index contributed by atoms with van der Waals surface area (Å²) in [4.78, 5) is 43.2. The zero-order chi connectivity index (χ0) is 22.7. The predicted molar refractivity (Wildman–Crippen MR) is 115 cm³/mol. The number of hydrogen-bond donors (Lipinski definition) is 1. The lowest BCUT2D eigenvalue weighted by atomic mass is 9.99. The number of esters is 1. The van der Waals surface area contributed by atoms with Crippen LogP contribution in [0.2, 0.25) is 5.02 Å². The fourth-order valence-corrected chi connectivity index (χ4v) is 3.74. The van der Waals surface area contributed by atoms with Crippen LogP contribution in [0.3, 0.4) is 0 Å². The maximum absolute atomic E-state index is 13.5. The Bertz CT molecular complexity index is 1120. The van der Waals surface area contributed by atoms with Gasteiger partial charge in [-0.05, 0) is 50.6 Å². The Kier molecular flexibility index (Phi) is 6.65. The van der Waals surface area contributed by atoms with Gasteiger partial charge in [0.2, 0.25) is 0 Å². The molecule has 1 unspecified atom stereocenters. The van der Waals surface area contributed by atoms with E-state index in [-0.39, 0.29) is 23.6 Å². The smallest absolute Gasteiger partial charge is 0.354 e. The molecule has 0 aliphatic rings. The number of aryl methyl sites for hydroxylation is 1. The lowest BCUT2D eigenvalue weighted by Gasteiger charge is -2.28. The molecule has 31 heavy (non-hydrogen) atoms. The van der Waals surface area contributed by atoms with Gasteiger partial charge < -0.3 is 19.0 Å². The molecular formula is C23H23ClN2O5. The van der Waals surface area contributed by atoms with E-state index in [2.05, 4.69) is 4.98 Å². The third kappa shape index (κ3) is 4.41. The topological polar surface area (TPSA) is 92.6 Å². The molecule has 0 aliphatic carbocycles. The van der Waals surface area contributed by atoms with Crippen molar-refractivity contribution in [3.05, 3.63) is 81.5 Å². The number of halogens is 1. The van der Waals surface area contributed by atoms with Gasteiger partial charge in [0.25, 0.3) is 5.91 Å². The van der Waals surface area contributed by atoms with Crippen molar-refractivity contribution < 1.29 is 23.5 Å². The summed E-state index contributed by atoms with van der Waals surface area (Å²) in [5.74, 6) is -0.750. The molecule has 0 radical (unpaired) electrons. The first-order valence-corrected chi connectivity index (χ1v) is 10.0. The van der Waals surface area contributed by atoms with E-state index in [9.17, 15) is 14.4 Å². The van der Waals surface area contributed by atoms with Gasteiger partial charge in [-0.25, -0.2) is 4.79 Å². The molecule has 162 valence electrons. The first-order valence-electron chi connectivity index (χ1n) is 9.65. The van der Waals surface area contributed by atoms with Crippen LogP contribution in [0.1, 0.15) is 55.1 Å². The zero-order valence-corrected chi connectivity index (χ0v) is 18.4. The number of furan rings is 1. The monoisotopic (exact) mass is 442 g/mol. The van der Waals surface area contributed by atoms with Crippen LogP contribution in [0, 0.1) is 13.8 Å². The number of ether oxygens (including phenoxy) is 1. The summed E-state index contributed by atoms with van der Waals surface area (Å²) in [5.41, 5.74) is 1.85. The maximum atomic E-state index is 13.5. The first kappa shape index (κ1) is 22.4. The van der Waals surface area contributed by atoms with E-state index in [1.807, 2.05) is 0 Å². The summed E-state index contributed by atoms with van der Waals surface area (Å²) >= 11 is 6.24. The third-order valence-corrected chi connectivity index (χ3v) is 5.52. The van der Waals surface area contributed by atoms with Gasteiger partial charge in [0, 0.05) is 11.3 Å². The molecule has 3 rings (SSSR count). The normalized spacial score (nSPS) is 11.8. The highest BCUT2D eigenvalue weighted by Gasteiger charge is 2.32. The number of nitrogens with zero attached hydrogens (tertiary/aromatic N) is 1. The summed E-state index contributed by atoms with van der Waals surface area (Å²) in [5, 5.41) is 0.290. The number of rotatable bonds is 7. The van der Waals surface area contributed by atoms with Crippen LogP contribution < -0.4 is 0 Å². The van der Waals surface area contributed by atoms with E-state index >= 15 is 0 Å². The van der Waals surface area contributed by atoms with Gasteiger partial charge in [-0.3, -0.25) is 9.59 Å². The van der Waals surface area contributed by atoms with Crippen molar-refractivity contribution in [3.63, 3.8) is 0 Å². The van der Waals surface area contributed by atoms with Crippen molar-refractivity contribution in [2.75, 3.05) is 7.11 Å². The van der Waals surface area contributed by atoms with Crippen molar-refractivity contribution >= 4 is 29.3 Å². The number of carbonyl (C=O) groups excluding carboxylic acids is 3. The summed E-state index contributed by atoms with van der Waals surface area (Å²) in [6.45, 7) is 5.09. The Morgan fingerprint density at radius 2 is 1.87 bits per heavy atom. The number of H-pyrrole nitrogens is 1. The summed E-state index contributed by atoms with van der Waals surface area (Å²) in [7, 11) is 1.27. The lowest BCUT2D eigenvalue weighted by molar-refractivity contribution is 0.0590. The Morgan fingerprint density at radius 1 is 1.16 bits per heavy atom. The molecule has 1 atom stereocenters. The Balaban J connectivity index is 2.00. The maximum Gasteiger partial charge on any atom is 0.354 e. The molecule has 1 amide bonds. The number of nitrogens with one attached hydrogen (secondary N) is 1.